The fourth-order valence-electron chi connectivity index (χ4n) is 1.79. The van der Waals surface area contributed by atoms with Crippen molar-refractivity contribution in [3.05, 3.63) is 35.6 Å². The number of nitrogens with one attached hydrogen (secondary N) is 1. The Morgan fingerprint density at radius 1 is 1.47 bits per heavy atom. The van der Waals surface area contributed by atoms with Crippen LogP contribution in [-0.4, -0.2) is 11.9 Å². The van der Waals surface area contributed by atoms with Crippen LogP contribution in [0.4, 0.5) is 4.39 Å². The molecule has 1 fully saturated rings. The van der Waals surface area contributed by atoms with Gasteiger partial charge in [-0.1, -0.05) is 18.2 Å². The van der Waals surface area contributed by atoms with Crippen LogP contribution in [0.5, 0.6) is 0 Å². The van der Waals surface area contributed by atoms with Crippen molar-refractivity contribution in [2.75, 3.05) is 0 Å². The van der Waals surface area contributed by atoms with Crippen LogP contribution >= 0.6 is 12.4 Å². The van der Waals surface area contributed by atoms with Gasteiger partial charge in [0.25, 0.3) is 0 Å². The second-order valence-corrected chi connectivity index (χ2v) is 4.34. The van der Waals surface area contributed by atoms with E-state index in [0.29, 0.717) is 5.56 Å². The molecule has 1 aromatic carbocycles. The van der Waals surface area contributed by atoms with Gasteiger partial charge < -0.3 is 11.1 Å². The van der Waals surface area contributed by atoms with Gasteiger partial charge in [0, 0.05) is 5.56 Å². The van der Waals surface area contributed by atoms with E-state index in [4.69, 9.17) is 5.73 Å². The van der Waals surface area contributed by atoms with Gasteiger partial charge in [-0.15, -0.1) is 12.4 Å². The molecule has 0 bridgehead atoms. The van der Waals surface area contributed by atoms with Crippen molar-refractivity contribution in [1.82, 2.24) is 5.32 Å². The minimum absolute atomic E-state index is 0. The molecule has 1 saturated carbocycles. The van der Waals surface area contributed by atoms with E-state index < -0.39 is 11.6 Å². The molecule has 1 atom stereocenters. The Bertz CT molecular complexity index is 419. The third-order valence-corrected chi connectivity index (χ3v) is 2.92. The van der Waals surface area contributed by atoms with Crippen LogP contribution in [0.25, 0.3) is 0 Å². The largest absolute Gasteiger partial charge is 0.345 e. The van der Waals surface area contributed by atoms with Crippen LogP contribution in [0.1, 0.15) is 25.3 Å². The zero-order valence-corrected chi connectivity index (χ0v) is 10.4. The zero-order chi connectivity index (χ0) is 11.8. The number of carbonyl (C=O) groups excluding carboxylic acids is 1. The average molecular weight is 259 g/mol. The summed E-state index contributed by atoms with van der Waals surface area (Å²) in [4.78, 5) is 11.5. The monoisotopic (exact) mass is 258 g/mol. The van der Waals surface area contributed by atoms with Gasteiger partial charge in [0.05, 0.1) is 11.6 Å². The fourth-order valence-corrected chi connectivity index (χ4v) is 1.79. The smallest absolute Gasteiger partial charge is 0.237 e. The molecule has 1 amide bonds. The molecule has 5 heteroatoms. The Morgan fingerprint density at radius 2 is 2.06 bits per heavy atom. The van der Waals surface area contributed by atoms with Crippen LogP contribution < -0.4 is 11.1 Å². The van der Waals surface area contributed by atoms with Crippen LogP contribution in [0.2, 0.25) is 0 Å². The van der Waals surface area contributed by atoms with Crippen molar-refractivity contribution in [2.24, 2.45) is 5.73 Å². The second kappa shape index (κ2) is 5.02. The topological polar surface area (TPSA) is 55.1 Å². The number of benzene rings is 1. The van der Waals surface area contributed by atoms with Gasteiger partial charge in [-0.05, 0) is 25.8 Å². The van der Waals surface area contributed by atoms with Crippen LogP contribution in [0.15, 0.2) is 24.3 Å². The summed E-state index contributed by atoms with van der Waals surface area (Å²) >= 11 is 0. The van der Waals surface area contributed by atoms with E-state index in [1.54, 1.807) is 25.1 Å². The van der Waals surface area contributed by atoms with Crippen molar-refractivity contribution in [3.63, 3.8) is 0 Å². The second-order valence-electron chi connectivity index (χ2n) is 4.34. The van der Waals surface area contributed by atoms with Crippen molar-refractivity contribution in [2.45, 2.75) is 31.3 Å². The van der Waals surface area contributed by atoms with E-state index in [1.807, 2.05) is 0 Å². The first kappa shape index (κ1) is 13.9. The van der Waals surface area contributed by atoms with Crippen LogP contribution in [0, 0.1) is 5.82 Å². The van der Waals surface area contributed by atoms with Gasteiger partial charge in [-0.2, -0.15) is 0 Å². The van der Waals surface area contributed by atoms with Gasteiger partial charge in [-0.25, -0.2) is 4.39 Å². The van der Waals surface area contributed by atoms with E-state index >= 15 is 0 Å². The lowest BCUT2D eigenvalue weighted by Crippen LogP contribution is -2.44. The highest BCUT2D eigenvalue weighted by atomic mass is 35.5. The molecule has 0 aliphatic heterocycles. The average Bonchev–Trinajstić information content (AvgIpc) is 2.99. The van der Waals surface area contributed by atoms with E-state index in [9.17, 15) is 9.18 Å². The molecule has 0 aromatic heterocycles. The Balaban J connectivity index is 0.00000144. The van der Waals surface area contributed by atoms with Gasteiger partial charge in [0.2, 0.25) is 5.91 Å². The van der Waals surface area contributed by atoms with Crippen molar-refractivity contribution in [3.8, 4) is 0 Å². The van der Waals surface area contributed by atoms with Gasteiger partial charge >= 0.3 is 0 Å². The van der Waals surface area contributed by atoms with E-state index in [-0.39, 0.29) is 24.1 Å². The summed E-state index contributed by atoms with van der Waals surface area (Å²) in [6.45, 7) is 1.62. The lowest BCUT2D eigenvalue weighted by atomic mass is 10.0. The van der Waals surface area contributed by atoms with E-state index in [1.165, 1.54) is 6.07 Å². The standard InChI is InChI=1S/C12H15FN2O.ClH/c1-8(14)11(16)15-12(6-7-12)9-4-2-3-5-10(9)13;/h2-5,8H,6-7,14H2,1H3,(H,15,16);1H/t8-;/m0./s1. The molecule has 1 aliphatic rings. The van der Waals surface area contributed by atoms with E-state index in [2.05, 4.69) is 5.32 Å². The van der Waals surface area contributed by atoms with Crippen molar-refractivity contribution in [1.29, 1.82) is 0 Å². The Kier molecular flexibility index (Phi) is 4.11. The van der Waals surface area contributed by atoms with Gasteiger partial charge in [0.1, 0.15) is 5.82 Å². The summed E-state index contributed by atoms with van der Waals surface area (Å²) in [6, 6.07) is 5.97. The molecule has 0 radical (unpaired) electrons. The molecule has 17 heavy (non-hydrogen) atoms. The van der Waals surface area contributed by atoms with Crippen molar-refractivity contribution >= 4 is 18.3 Å². The molecule has 0 unspecified atom stereocenters. The van der Waals surface area contributed by atoms with Crippen LogP contribution in [0.3, 0.4) is 0 Å². The molecule has 0 spiro atoms. The Morgan fingerprint density at radius 3 is 2.53 bits per heavy atom. The molecule has 0 heterocycles. The summed E-state index contributed by atoms with van der Waals surface area (Å²) in [5.41, 5.74) is 5.52. The molecule has 94 valence electrons. The maximum atomic E-state index is 13.6. The molecule has 3 N–H and O–H groups in total. The number of nitrogens with two attached hydrogens (primary N) is 1. The number of rotatable bonds is 3. The van der Waals surface area contributed by atoms with Crippen LogP contribution in [-0.2, 0) is 10.3 Å². The highest BCUT2D eigenvalue weighted by Gasteiger charge is 2.47. The number of hydrogen-bond acceptors (Lipinski definition) is 2. The molecule has 1 aromatic rings. The first-order chi connectivity index (χ1) is 7.55. The molecular weight excluding hydrogens is 243 g/mol. The van der Waals surface area contributed by atoms with E-state index in [0.717, 1.165) is 12.8 Å². The number of halogens is 2. The number of hydrogen-bond donors (Lipinski definition) is 2. The molecule has 1 aliphatic carbocycles. The normalized spacial score (nSPS) is 17.8. The summed E-state index contributed by atoms with van der Waals surface area (Å²) in [7, 11) is 0. The minimum Gasteiger partial charge on any atom is -0.345 e. The lowest BCUT2D eigenvalue weighted by Gasteiger charge is -2.19. The predicted molar refractivity (Wildman–Crippen MR) is 66.4 cm³/mol. The number of amides is 1. The quantitative estimate of drug-likeness (QED) is 0.867. The summed E-state index contributed by atoms with van der Waals surface area (Å²) in [6.07, 6.45) is 1.54. The van der Waals surface area contributed by atoms with Crippen molar-refractivity contribution < 1.29 is 9.18 Å². The fraction of sp³-hybridized carbons (Fsp3) is 0.417. The predicted octanol–water partition coefficient (Wildman–Crippen LogP) is 1.70. The summed E-state index contributed by atoms with van der Waals surface area (Å²) in [5, 5.41) is 2.82. The first-order valence-electron chi connectivity index (χ1n) is 5.38. The Labute approximate surface area is 106 Å². The third kappa shape index (κ3) is 2.76. The summed E-state index contributed by atoms with van der Waals surface area (Å²) < 4.78 is 13.6. The minimum atomic E-state index is -0.566. The highest BCUT2D eigenvalue weighted by molar-refractivity contribution is 5.85. The lowest BCUT2D eigenvalue weighted by molar-refractivity contribution is -0.123. The maximum Gasteiger partial charge on any atom is 0.237 e. The SMILES string of the molecule is C[C@H](N)C(=O)NC1(c2ccccc2F)CC1.Cl. The molecule has 3 nitrogen and oxygen atoms in total. The van der Waals surface area contributed by atoms with Gasteiger partial charge in [0.15, 0.2) is 0 Å². The highest BCUT2D eigenvalue weighted by Crippen LogP contribution is 2.46. The number of carbonyl (C=O) groups is 1. The Hall–Kier alpha value is -1.13. The van der Waals surface area contributed by atoms with Gasteiger partial charge in [-0.3, -0.25) is 4.79 Å². The zero-order valence-electron chi connectivity index (χ0n) is 9.57. The molecular formula is C12H16ClFN2O. The molecule has 2 rings (SSSR count). The maximum absolute atomic E-state index is 13.6. The third-order valence-electron chi connectivity index (χ3n) is 2.92. The molecule has 0 saturated heterocycles. The summed E-state index contributed by atoms with van der Waals surface area (Å²) in [5.74, 6) is -0.509. The first-order valence-corrected chi connectivity index (χ1v) is 5.38.